The van der Waals surface area contributed by atoms with Crippen LogP contribution in [0.25, 0.3) is 0 Å². The molecule has 1 aromatic rings. The van der Waals surface area contributed by atoms with Gasteiger partial charge in [0.2, 0.25) is 0 Å². The van der Waals surface area contributed by atoms with E-state index in [1.807, 2.05) is 0 Å². The molecule has 19 heavy (non-hydrogen) atoms. The summed E-state index contributed by atoms with van der Waals surface area (Å²) >= 11 is 9.26. The Hall–Kier alpha value is -1.11. The van der Waals surface area contributed by atoms with Crippen LogP contribution in [0.5, 0.6) is 0 Å². The van der Waals surface area contributed by atoms with Crippen molar-refractivity contribution in [2.24, 2.45) is 5.73 Å². The Morgan fingerprint density at radius 2 is 2.16 bits per heavy atom. The fourth-order valence-electron chi connectivity index (χ4n) is 2.01. The summed E-state index contributed by atoms with van der Waals surface area (Å²) in [6.45, 7) is 0.300. The zero-order chi connectivity index (χ0) is 14.2. The fourth-order valence-corrected chi connectivity index (χ4v) is 2.57. The van der Waals surface area contributed by atoms with Gasteiger partial charge >= 0.3 is 5.97 Å². The van der Waals surface area contributed by atoms with Gasteiger partial charge in [0.15, 0.2) is 0 Å². The van der Waals surface area contributed by atoms with Gasteiger partial charge in [0.25, 0.3) is 5.91 Å². The number of rotatable bonds is 2. The van der Waals surface area contributed by atoms with Crippen molar-refractivity contribution in [3.8, 4) is 0 Å². The van der Waals surface area contributed by atoms with Gasteiger partial charge in [-0.2, -0.15) is 0 Å². The second-order valence-electron chi connectivity index (χ2n) is 4.56. The van der Waals surface area contributed by atoms with Crippen LogP contribution < -0.4 is 5.73 Å². The highest BCUT2D eigenvalue weighted by Crippen LogP contribution is 2.26. The predicted octanol–water partition coefficient (Wildman–Crippen LogP) is 1.73. The number of carbonyl (C=O) groups is 2. The van der Waals surface area contributed by atoms with Crippen LogP contribution in [0.15, 0.2) is 22.7 Å². The Bertz CT molecular complexity index is 552. The molecule has 1 unspecified atom stereocenters. The molecule has 1 aliphatic rings. The summed E-state index contributed by atoms with van der Waals surface area (Å²) in [6, 6.07) is 4.96. The van der Waals surface area contributed by atoms with Crippen LogP contribution in [0.3, 0.4) is 0 Å². The first kappa shape index (κ1) is 14.3. The molecule has 0 bridgehead atoms. The van der Waals surface area contributed by atoms with Crippen LogP contribution in [0.4, 0.5) is 0 Å². The molecule has 1 saturated heterocycles. The second-order valence-corrected chi connectivity index (χ2v) is 5.89. The third-order valence-corrected chi connectivity index (χ3v) is 4.00. The van der Waals surface area contributed by atoms with Gasteiger partial charge in [-0.3, -0.25) is 9.59 Å². The van der Waals surface area contributed by atoms with Gasteiger partial charge in [0, 0.05) is 17.6 Å². The van der Waals surface area contributed by atoms with E-state index < -0.39 is 11.5 Å². The lowest BCUT2D eigenvalue weighted by Crippen LogP contribution is -2.50. The maximum absolute atomic E-state index is 12.3. The Balaban J connectivity index is 2.22. The number of likely N-dealkylation sites (tertiary alicyclic amines) is 1. The SMILES string of the molecule is NC1(C(=O)O)CCN(C(=O)c2cc(Br)ccc2Cl)C1. The third kappa shape index (κ3) is 2.75. The number of carbonyl (C=O) groups excluding carboxylic acids is 1. The molecule has 1 heterocycles. The Morgan fingerprint density at radius 1 is 1.47 bits per heavy atom. The zero-order valence-corrected chi connectivity index (χ0v) is 12.2. The summed E-state index contributed by atoms with van der Waals surface area (Å²) in [4.78, 5) is 24.8. The lowest BCUT2D eigenvalue weighted by Gasteiger charge is -2.20. The molecular weight excluding hydrogens is 336 g/mol. The molecule has 0 aromatic heterocycles. The van der Waals surface area contributed by atoms with E-state index in [0.29, 0.717) is 17.1 Å². The van der Waals surface area contributed by atoms with Crippen molar-refractivity contribution < 1.29 is 14.7 Å². The van der Waals surface area contributed by atoms with Crippen molar-refractivity contribution >= 4 is 39.4 Å². The molecule has 1 fully saturated rings. The van der Waals surface area contributed by atoms with Crippen molar-refractivity contribution in [2.75, 3.05) is 13.1 Å². The molecule has 3 N–H and O–H groups in total. The molecule has 1 aromatic carbocycles. The minimum absolute atomic E-state index is 0.00991. The average Bonchev–Trinajstić information content (AvgIpc) is 2.76. The maximum Gasteiger partial charge on any atom is 0.325 e. The highest BCUT2D eigenvalue weighted by molar-refractivity contribution is 9.10. The van der Waals surface area contributed by atoms with Crippen molar-refractivity contribution in [1.29, 1.82) is 0 Å². The highest BCUT2D eigenvalue weighted by Gasteiger charge is 2.43. The van der Waals surface area contributed by atoms with Crippen molar-refractivity contribution in [3.63, 3.8) is 0 Å². The summed E-state index contributed by atoms with van der Waals surface area (Å²) in [7, 11) is 0. The molecule has 0 radical (unpaired) electrons. The lowest BCUT2D eigenvalue weighted by molar-refractivity contribution is -0.142. The maximum atomic E-state index is 12.3. The van der Waals surface area contributed by atoms with Crippen molar-refractivity contribution in [1.82, 2.24) is 4.90 Å². The minimum Gasteiger partial charge on any atom is -0.480 e. The van der Waals surface area contributed by atoms with Crippen molar-refractivity contribution in [2.45, 2.75) is 12.0 Å². The normalized spacial score (nSPS) is 22.6. The Morgan fingerprint density at radius 3 is 2.74 bits per heavy atom. The monoisotopic (exact) mass is 346 g/mol. The van der Waals surface area contributed by atoms with Crippen LogP contribution in [0, 0.1) is 0 Å². The molecule has 1 atom stereocenters. The minimum atomic E-state index is -1.37. The Labute approximate surface area is 123 Å². The first-order valence-corrected chi connectivity index (χ1v) is 6.77. The number of hydrogen-bond acceptors (Lipinski definition) is 3. The van der Waals surface area contributed by atoms with E-state index in [9.17, 15) is 9.59 Å². The van der Waals surface area contributed by atoms with Gasteiger partial charge in [-0.25, -0.2) is 0 Å². The number of carboxylic acid groups (broad SMARTS) is 1. The largest absolute Gasteiger partial charge is 0.480 e. The first-order valence-electron chi connectivity index (χ1n) is 5.60. The van der Waals surface area contributed by atoms with Crippen LogP contribution in [0.1, 0.15) is 16.8 Å². The predicted molar refractivity (Wildman–Crippen MR) is 74.2 cm³/mol. The smallest absolute Gasteiger partial charge is 0.325 e. The number of carboxylic acids is 1. The van der Waals surface area contributed by atoms with Gasteiger partial charge in [0.05, 0.1) is 10.6 Å². The van der Waals surface area contributed by atoms with E-state index in [2.05, 4.69) is 15.9 Å². The number of aliphatic carboxylic acids is 1. The number of amides is 1. The molecule has 0 spiro atoms. The van der Waals surface area contributed by atoms with E-state index in [0.717, 1.165) is 4.47 Å². The average molecular weight is 348 g/mol. The fraction of sp³-hybridized carbons (Fsp3) is 0.333. The van der Waals surface area contributed by atoms with E-state index in [1.54, 1.807) is 18.2 Å². The first-order chi connectivity index (χ1) is 8.83. The van der Waals surface area contributed by atoms with Crippen molar-refractivity contribution in [3.05, 3.63) is 33.3 Å². The van der Waals surface area contributed by atoms with E-state index >= 15 is 0 Å². The molecule has 7 heteroatoms. The van der Waals surface area contributed by atoms with Gasteiger partial charge < -0.3 is 15.7 Å². The quantitative estimate of drug-likeness (QED) is 0.853. The molecule has 0 saturated carbocycles. The number of nitrogens with zero attached hydrogens (tertiary/aromatic N) is 1. The number of nitrogens with two attached hydrogens (primary N) is 1. The lowest BCUT2D eigenvalue weighted by atomic mass is 10.0. The molecule has 1 aliphatic heterocycles. The topological polar surface area (TPSA) is 83.6 Å². The zero-order valence-electron chi connectivity index (χ0n) is 9.90. The second kappa shape index (κ2) is 5.11. The number of hydrogen-bond donors (Lipinski definition) is 2. The highest BCUT2D eigenvalue weighted by atomic mass is 79.9. The van der Waals surface area contributed by atoms with Crippen LogP contribution in [-0.4, -0.2) is 40.5 Å². The van der Waals surface area contributed by atoms with E-state index in [1.165, 1.54) is 4.90 Å². The van der Waals surface area contributed by atoms with E-state index in [-0.39, 0.29) is 18.9 Å². The summed E-state index contributed by atoms with van der Waals surface area (Å²) in [5.74, 6) is -1.40. The summed E-state index contributed by atoms with van der Waals surface area (Å²) in [5, 5.41) is 9.38. The summed E-state index contributed by atoms with van der Waals surface area (Å²) in [5.41, 5.74) is 4.71. The summed E-state index contributed by atoms with van der Waals surface area (Å²) < 4.78 is 0.733. The van der Waals surface area contributed by atoms with E-state index in [4.69, 9.17) is 22.4 Å². The van der Waals surface area contributed by atoms with Gasteiger partial charge in [0.1, 0.15) is 5.54 Å². The standard InChI is InChI=1S/C12H12BrClN2O3/c13-7-1-2-9(14)8(5-7)10(17)16-4-3-12(15,6-16)11(18)19/h1-2,5H,3-4,6,15H2,(H,18,19). The van der Waals surface area contributed by atoms with Crippen LogP contribution >= 0.6 is 27.5 Å². The molecule has 5 nitrogen and oxygen atoms in total. The molecular formula is C12H12BrClN2O3. The van der Waals surface area contributed by atoms with Gasteiger partial charge in [-0.05, 0) is 24.6 Å². The Kier molecular flexibility index (Phi) is 3.85. The van der Waals surface area contributed by atoms with Crippen LogP contribution in [-0.2, 0) is 4.79 Å². The molecule has 102 valence electrons. The molecule has 2 rings (SSSR count). The summed E-state index contributed by atoms with van der Waals surface area (Å²) in [6.07, 6.45) is 0.236. The number of benzene rings is 1. The molecule has 1 amide bonds. The van der Waals surface area contributed by atoms with Crippen LogP contribution in [0.2, 0.25) is 5.02 Å². The third-order valence-electron chi connectivity index (χ3n) is 3.17. The molecule has 0 aliphatic carbocycles. The van der Waals surface area contributed by atoms with Gasteiger partial charge in [-0.1, -0.05) is 27.5 Å². The van der Waals surface area contributed by atoms with Gasteiger partial charge in [-0.15, -0.1) is 0 Å². The number of halogens is 2.